The highest BCUT2D eigenvalue weighted by Gasteiger charge is 2.41. The van der Waals surface area contributed by atoms with Crippen molar-refractivity contribution in [3.63, 3.8) is 0 Å². The minimum absolute atomic E-state index is 0.0110. The summed E-state index contributed by atoms with van der Waals surface area (Å²) in [4.78, 5) is 160. The van der Waals surface area contributed by atoms with Gasteiger partial charge in [-0.25, -0.2) is 0 Å². The zero-order valence-corrected chi connectivity index (χ0v) is 79.1. The third kappa shape index (κ3) is 59.3. The molecule has 0 bridgehead atoms. The molecule has 40 nitrogen and oxygen atoms in total. The summed E-state index contributed by atoms with van der Waals surface area (Å²) in [6.45, 7) is 18.7. The minimum Gasteiger partial charge on any atom is -0.379 e. The molecule has 2 aromatic carbocycles. The molecule has 0 aliphatic carbocycles. The summed E-state index contributed by atoms with van der Waals surface area (Å²) in [7, 11) is 0. The molecule has 132 heavy (non-hydrogen) atoms. The lowest BCUT2D eigenvalue weighted by Crippen LogP contribution is -2.62. The lowest BCUT2D eigenvalue weighted by molar-refractivity contribution is -0.142. The maximum absolute atomic E-state index is 14.9. The Morgan fingerprint density at radius 2 is 0.773 bits per heavy atom. The zero-order chi connectivity index (χ0) is 96.5. The molecule has 750 valence electrons. The van der Waals surface area contributed by atoms with Crippen molar-refractivity contribution in [3.05, 3.63) is 71.8 Å². The molecule has 20 N–H and O–H groups in total. The maximum atomic E-state index is 14.9. The predicted octanol–water partition coefficient (Wildman–Crippen LogP) is 1.97. The Bertz CT molecular complexity index is 3550. The first-order chi connectivity index (χ1) is 63.7. The van der Waals surface area contributed by atoms with Gasteiger partial charge in [0.15, 0.2) is 11.9 Å². The van der Waals surface area contributed by atoms with Crippen LogP contribution in [0, 0.1) is 5.92 Å². The molecule has 1 saturated heterocycles. The third-order valence-electron chi connectivity index (χ3n) is 20.9. The van der Waals surface area contributed by atoms with Crippen molar-refractivity contribution in [1.29, 1.82) is 0 Å². The highest BCUT2D eigenvalue weighted by atomic mass is 16.6. The molecule has 11 amide bonds. The van der Waals surface area contributed by atoms with E-state index in [1.165, 1.54) is 89.4 Å². The number of nitrogens with two attached hydrogens (primary N) is 6. The number of carbonyl (C=O) groups excluding carboxylic acids is 11. The summed E-state index contributed by atoms with van der Waals surface area (Å²) in [6.07, 6.45) is 17.1. The number of nitrogens with zero attached hydrogens (tertiary/aromatic N) is 3. The normalized spacial score (nSPS) is 13.9. The first-order valence-electron chi connectivity index (χ1n) is 47.1. The molecule has 1 heterocycles. The Kier molecular flexibility index (Phi) is 66.4. The van der Waals surface area contributed by atoms with E-state index >= 15 is 0 Å². The number of hydrogen-bond acceptors (Lipinski definition) is 25. The third-order valence-corrected chi connectivity index (χ3v) is 20.9. The molecule has 0 saturated carbocycles. The Hall–Kier alpha value is -9.33. The number of benzene rings is 2. The zero-order valence-electron chi connectivity index (χ0n) is 79.1. The summed E-state index contributed by atoms with van der Waals surface area (Å²) in [5, 5.41) is 22.0. The topological polar surface area (TPSA) is 579 Å². The van der Waals surface area contributed by atoms with E-state index in [-0.39, 0.29) is 121 Å². The molecule has 0 unspecified atom stereocenters. The van der Waals surface area contributed by atoms with Gasteiger partial charge in [0, 0.05) is 51.9 Å². The van der Waals surface area contributed by atoms with Gasteiger partial charge in [0.2, 0.25) is 65.0 Å². The number of primary amides is 2. The van der Waals surface area contributed by atoms with Gasteiger partial charge in [0.25, 0.3) is 0 Å². The van der Waals surface area contributed by atoms with Gasteiger partial charge in [0.1, 0.15) is 47.8 Å². The lowest BCUT2D eigenvalue weighted by atomic mass is 9.98. The molecule has 1 aliphatic heterocycles. The molecule has 0 radical (unpaired) electrons. The fourth-order valence-corrected chi connectivity index (χ4v) is 13.8. The number of unbranched alkanes of at least 4 members (excludes halogenated alkanes) is 12. The van der Waals surface area contributed by atoms with E-state index in [0.717, 1.165) is 12.8 Å². The smallest absolute Gasteiger partial charge is 0.245 e. The van der Waals surface area contributed by atoms with Crippen molar-refractivity contribution in [2.45, 2.75) is 243 Å². The van der Waals surface area contributed by atoms with Crippen molar-refractivity contribution in [2.75, 3.05) is 185 Å². The molecule has 1 fully saturated rings. The van der Waals surface area contributed by atoms with Crippen molar-refractivity contribution in [2.24, 2.45) is 50.3 Å². The monoisotopic (exact) mass is 1870 g/mol. The standard InChI is InChI=1S/C92H159N17O23/c1-6-7-8-9-10-11-12-13-14-15-16-17-24-35-80(111)99-39-42-122-44-46-124-48-50-126-52-54-128-56-58-130-60-62-132-64-63-131-61-59-129-57-55-127-53-51-125-49-47-123-45-43-121-41-36-81(112)108-92(4,5)89(120)107-77(67-71-30-22-19-23-31-71)86(117)105-75(65-69(2)3)84(115)106-76(66-70-28-20-18-21-29-70)85(116)103-73(33-26-38-101-91(97)98)88(119)109-40-27-34-78(109)87(118)102-72(32-25-37-100-90(95)96)83(114)104-74(82(94)113)68-79(93)110/h18-23,28-31,69,72-78H,6-17,24-27,32-68H2,1-5H3,(H2,93,110)(H2,94,113)(H,99,111)(H,102,118)(H,103,116)(H,104,114)(H,105,117)(H,106,115)(H,107,120)(H,108,112)(H4,95,96,100)(H4,97,98,101)/t72-,73-,74-,75-,76-,77+,78-/m0/s1. The molecule has 0 aromatic heterocycles. The first-order valence-corrected chi connectivity index (χ1v) is 47.1. The van der Waals surface area contributed by atoms with Crippen LogP contribution in [-0.2, 0) is 122 Å². The van der Waals surface area contributed by atoms with Gasteiger partial charge < -0.3 is 139 Å². The Morgan fingerprint density at radius 1 is 0.409 bits per heavy atom. The summed E-state index contributed by atoms with van der Waals surface area (Å²) < 4.78 is 66.9. The Morgan fingerprint density at radius 3 is 1.18 bits per heavy atom. The SMILES string of the molecule is CCCCCCCCCCCCCCCC(=O)NCCOCCOCCOCCOCCOCCOCCOCCOCCOCCOCCOCCOCCC(=O)NC(C)(C)C(=O)N[C@H](Cc1ccccc1)C(=O)N[C@@H](CC(C)C)C(=O)N[C@@H](Cc1ccccc1)C(=O)N[C@@H](CCCN=C(N)N)C(=O)N1CCC[C@H]1C(=O)N[C@@H](CCCN=C(N)N)C(=O)N[C@@H](CC(N)=O)C(N)=O. The van der Waals surface area contributed by atoms with Crippen LogP contribution in [0.4, 0.5) is 0 Å². The van der Waals surface area contributed by atoms with Crippen molar-refractivity contribution in [1.82, 2.24) is 47.4 Å². The molecule has 0 spiro atoms. The number of aliphatic imine (C=N–C) groups is 2. The quantitative estimate of drug-likeness (QED) is 0.0256. The predicted molar refractivity (Wildman–Crippen MR) is 499 cm³/mol. The van der Waals surface area contributed by atoms with E-state index < -0.39 is 113 Å². The van der Waals surface area contributed by atoms with E-state index in [4.69, 9.17) is 91.2 Å². The molecular weight excluding hydrogens is 1710 g/mol. The molecule has 1 aliphatic rings. The van der Waals surface area contributed by atoms with E-state index in [0.29, 0.717) is 169 Å². The highest BCUT2D eigenvalue weighted by Crippen LogP contribution is 2.22. The van der Waals surface area contributed by atoms with E-state index in [9.17, 15) is 52.7 Å². The average molecular weight is 1870 g/mol. The number of guanidine groups is 2. The fraction of sp³-hybridized carbons (Fsp3) is 0.728. The number of amides is 11. The summed E-state index contributed by atoms with van der Waals surface area (Å²) in [5.74, 6) is -8.47. The second-order valence-electron chi connectivity index (χ2n) is 33.1. The van der Waals surface area contributed by atoms with Gasteiger partial charge in [-0.3, -0.25) is 62.7 Å². The molecule has 2 aromatic rings. The fourth-order valence-electron chi connectivity index (χ4n) is 13.8. The van der Waals surface area contributed by atoms with E-state index in [2.05, 4.69) is 59.4 Å². The largest absolute Gasteiger partial charge is 0.379 e. The van der Waals surface area contributed by atoms with Gasteiger partial charge in [-0.05, 0) is 82.3 Å². The number of nitrogens with one attached hydrogen (secondary N) is 8. The van der Waals surface area contributed by atoms with Gasteiger partial charge >= 0.3 is 0 Å². The van der Waals surface area contributed by atoms with Crippen molar-refractivity contribution in [3.8, 4) is 0 Å². The number of rotatable bonds is 84. The van der Waals surface area contributed by atoms with Crippen LogP contribution < -0.4 is 76.9 Å². The number of ether oxygens (including phenoxy) is 12. The number of likely N-dealkylation sites (tertiary alicyclic amines) is 1. The molecule has 40 heteroatoms. The molecule has 7 atom stereocenters. The van der Waals surface area contributed by atoms with E-state index in [1.807, 2.05) is 13.8 Å². The van der Waals surface area contributed by atoms with Crippen LogP contribution in [0.25, 0.3) is 0 Å². The van der Waals surface area contributed by atoms with Gasteiger partial charge in [-0.1, -0.05) is 158 Å². The lowest BCUT2D eigenvalue weighted by Gasteiger charge is -2.31. The maximum Gasteiger partial charge on any atom is 0.245 e. The van der Waals surface area contributed by atoms with Crippen LogP contribution >= 0.6 is 0 Å². The van der Waals surface area contributed by atoms with Crippen LogP contribution in [0.5, 0.6) is 0 Å². The second kappa shape index (κ2) is 75.0. The van der Waals surface area contributed by atoms with E-state index in [1.54, 1.807) is 60.7 Å². The van der Waals surface area contributed by atoms with Crippen LogP contribution in [-0.4, -0.2) is 314 Å². The minimum atomic E-state index is -1.56. The first kappa shape index (κ1) is 117. The average Bonchev–Trinajstić information content (AvgIpc) is 1.64. The van der Waals surface area contributed by atoms with Gasteiger partial charge in [0.05, 0.1) is 165 Å². The summed E-state index contributed by atoms with van der Waals surface area (Å²) in [5.41, 5.74) is 32.7. The van der Waals surface area contributed by atoms with Crippen molar-refractivity contribution < 1.29 is 110 Å². The van der Waals surface area contributed by atoms with Crippen LogP contribution in [0.15, 0.2) is 70.6 Å². The van der Waals surface area contributed by atoms with Crippen LogP contribution in [0.2, 0.25) is 0 Å². The van der Waals surface area contributed by atoms with Gasteiger partial charge in [-0.2, -0.15) is 0 Å². The Labute approximate surface area is 780 Å². The molecule has 3 rings (SSSR count). The highest BCUT2D eigenvalue weighted by molar-refractivity contribution is 5.99. The summed E-state index contributed by atoms with van der Waals surface area (Å²) >= 11 is 0. The van der Waals surface area contributed by atoms with Crippen LogP contribution in [0.3, 0.4) is 0 Å². The number of hydrogen-bond donors (Lipinski definition) is 14. The van der Waals surface area contributed by atoms with Crippen LogP contribution in [0.1, 0.15) is 193 Å². The van der Waals surface area contributed by atoms with Gasteiger partial charge in [-0.15, -0.1) is 0 Å². The summed E-state index contributed by atoms with van der Waals surface area (Å²) in [6, 6.07) is 8.14. The number of carbonyl (C=O) groups is 11. The Balaban J connectivity index is 1.32. The molecular formula is C92H159N17O23. The second-order valence-corrected chi connectivity index (χ2v) is 33.1. The van der Waals surface area contributed by atoms with Crippen molar-refractivity contribution >= 4 is 76.9 Å².